The van der Waals surface area contributed by atoms with Gasteiger partial charge in [-0.3, -0.25) is 9.89 Å². The van der Waals surface area contributed by atoms with Crippen molar-refractivity contribution in [2.45, 2.75) is 40.2 Å². The number of aliphatic imine (C=N–C) groups is 1. The molecule has 1 atom stereocenters. The van der Waals surface area contributed by atoms with Crippen LogP contribution in [0.2, 0.25) is 0 Å². The Bertz CT molecular complexity index is 834. The number of carbonyl (C=O) groups is 1. The fourth-order valence-electron chi connectivity index (χ4n) is 4.46. The van der Waals surface area contributed by atoms with Gasteiger partial charge in [0.25, 0.3) is 0 Å². The average molecular weight is 429 g/mol. The first kappa shape index (κ1) is 23.0. The van der Waals surface area contributed by atoms with Crippen molar-refractivity contribution >= 4 is 11.9 Å². The van der Waals surface area contributed by atoms with Crippen LogP contribution < -0.4 is 0 Å². The van der Waals surface area contributed by atoms with E-state index < -0.39 is 0 Å². The Balaban J connectivity index is 1.67. The minimum atomic E-state index is -0.0172. The quantitative estimate of drug-likeness (QED) is 0.669. The highest BCUT2D eigenvalue weighted by Gasteiger charge is 2.45. The lowest BCUT2D eigenvalue weighted by Crippen LogP contribution is -2.64. The number of ether oxygens (including phenoxy) is 2. The zero-order chi connectivity index (χ0) is 22.6. The van der Waals surface area contributed by atoms with Crippen molar-refractivity contribution in [2.75, 3.05) is 46.9 Å². The van der Waals surface area contributed by atoms with Crippen molar-refractivity contribution in [3.63, 3.8) is 0 Å². The Morgan fingerprint density at radius 3 is 2.71 bits per heavy atom. The van der Waals surface area contributed by atoms with E-state index in [-0.39, 0.29) is 17.5 Å². The summed E-state index contributed by atoms with van der Waals surface area (Å²) in [7, 11) is 3.76. The molecule has 0 N–H and O–H groups in total. The summed E-state index contributed by atoms with van der Waals surface area (Å²) in [5, 5.41) is 0. The number of urea groups is 1. The van der Waals surface area contributed by atoms with Gasteiger partial charge in [0.15, 0.2) is 0 Å². The molecule has 1 saturated heterocycles. The van der Waals surface area contributed by atoms with E-state index in [1.807, 2.05) is 61.0 Å². The molecule has 3 aliphatic heterocycles. The van der Waals surface area contributed by atoms with Gasteiger partial charge in [0.2, 0.25) is 0 Å². The Kier molecular flexibility index (Phi) is 7.13. The van der Waals surface area contributed by atoms with Crippen LogP contribution in [0.1, 0.15) is 34.1 Å². The molecule has 3 rings (SSSR count). The highest BCUT2D eigenvalue weighted by Crippen LogP contribution is 2.34. The Morgan fingerprint density at radius 2 is 2.06 bits per heavy atom. The van der Waals surface area contributed by atoms with Crippen LogP contribution in [0.4, 0.5) is 4.79 Å². The molecule has 0 aromatic rings. The molecule has 31 heavy (non-hydrogen) atoms. The SMILES string of the molecule is C/C=C\C1=C(/C=C/C)OCC(C)N1C(=O)N1CC(C)(CN(C)C2=NCCC(OC)=C2)C1. The van der Waals surface area contributed by atoms with Crippen LogP contribution >= 0.6 is 0 Å². The van der Waals surface area contributed by atoms with Gasteiger partial charge in [-0.25, -0.2) is 4.79 Å². The number of nitrogens with zero attached hydrogens (tertiary/aromatic N) is 4. The lowest BCUT2D eigenvalue weighted by molar-refractivity contribution is 0.0105. The second-order valence-corrected chi connectivity index (χ2v) is 8.89. The van der Waals surface area contributed by atoms with Gasteiger partial charge in [-0.15, -0.1) is 0 Å². The fourth-order valence-corrected chi connectivity index (χ4v) is 4.46. The van der Waals surface area contributed by atoms with Crippen molar-refractivity contribution < 1.29 is 14.3 Å². The summed E-state index contributed by atoms with van der Waals surface area (Å²) in [6.07, 6.45) is 10.6. The monoisotopic (exact) mass is 428 g/mol. The molecule has 0 bridgehead atoms. The maximum Gasteiger partial charge on any atom is 0.325 e. The fraction of sp³-hybridized carbons (Fsp3) is 0.583. The summed E-state index contributed by atoms with van der Waals surface area (Å²) in [4.78, 5) is 24.0. The third-order valence-electron chi connectivity index (χ3n) is 5.89. The van der Waals surface area contributed by atoms with Crippen molar-refractivity contribution in [1.29, 1.82) is 0 Å². The normalized spacial score (nSPS) is 23.5. The lowest BCUT2D eigenvalue weighted by Gasteiger charge is -2.52. The van der Waals surface area contributed by atoms with E-state index in [1.165, 1.54) is 0 Å². The molecule has 0 saturated carbocycles. The summed E-state index contributed by atoms with van der Waals surface area (Å²) in [5.74, 6) is 2.66. The average Bonchev–Trinajstić information content (AvgIpc) is 2.73. The molecule has 1 unspecified atom stereocenters. The van der Waals surface area contributed by atoms with E-state index in [1.54, 1.807) is 7.11 Å². The van der Waals surface area contributed by atoms with Crippen molar-refractivity contribution in [1.82, 2.24) is 14.7 Å². The second-order valence-electron chi connectivity index (χ2n) is 8.89. The Hall–Kier alpha value is -2.70. The van der Waals surface area contributed by atoms with E-state index in [2.05, 4.69) is 23.9 Å². The van der Waals surface area contributed by atoms with Gasteiger partial charge in [-0.05, 0) is 32.9 Å². The maximum atomic E-state index is 13.4. The first-order valence-corrected chi connectivity index (χ1v) is 11.0. The predicted molar refractivity (Wildman–Crippen MR) is 124 cm³/mol. The summed E-state index contributed by atoms with van der Waals surface area (Å²) in [6, 6.07) is 0.0269. The number of methoxy groups -OCH3 is 1. The minimum Gasteiger partial charge on any atom is -0.501 e. The first-order valence-electron chi connectivity index (χ1n) is 11.0. The molecule has 0 aliphatic carbocycles. The van der Waals surface area contributed by atoms with Gasteiger partial charge in [-0.2, -0.15) is 0 Å². The number of rotatable bonds is 5. The van der Waals surface area contributed by atoms with Crippen LogP contribution in [0.15, 0.2) is 52.6 Å². The van der Waals surface area contributed by atoms with Gasteiger partial charge in [0.05, 0.1) is 18.8 Å². The second kappa shape index (κ2) is 9.62. The van der Waals surface area contributed by atoms with E-state index in [9.17, 15) is 4.79 Å². The number of hydrogen-bond donors (Lipinski definition) is 0. The highest BCUT2D eigenvalue weighted by atomic mass is 16.5. The summed E-state index contributed by atoms with van der Waals surface area (Å²) >= 11 is 0. The van der Waals surface area contributed by atoms with Crippen molar-refractivity contribution in [2.24, 2.45) is 10.4 Å². The number of likely N-dealkylation sites (N-methyl/N-ethyl adjacent to an activating group) is 1. The molecule has 7 heteroatoms. The number of amides is 2. The predicted octanol–water partition coefficient (Wildman–Crippen LogP) is 3.78. The van der Waals surface area contributed by atoms with E-state index in [4.69, 9.17) is 9.47 Å². The van der Waals surface area contributed by atoms with Crippen LogP contribution in [0, 0.1) is 5.41 Å². The summed E-state index contributed by atoms with van der Waals surface area (Å²) in [5.41, 5.74) is 0.848. The summed E-state index contributed by atoms with van der Waals surface area (Å²) < 4.78 is 11.3. The molecule has 3 heterocycles. The van der Waals surface area contributed by atoms with Gasteiger partial charge < -0.3 is 19.3 Å². The third-order valence-corrected chi connectivity index (χ3v) is 5.89. The summed E-state index contributed by atoms with van der Waals surface area (Å²) in [6.45, 7) is 11.7. The van der Waals surface area contributed by atoms with Crippen LogP contribution in [0.5, 0.6) is 0 Å². The Morgan fingerprint density at radius 1 is 1.35 bits per heavy atom. The standard InChI is InChI=1S/C24H36N4O3/c1-7-9-20-21(10-8-2)31-14-18(3)28(20)23(29)27-16-24(4,17-27)15-26(5)22-13-19(30-6)11-12-25-22/h7-10,13,18H,11-12,14-17H2,1-6H3/b9-7-,10-8+. The van der Waals surface area contributed by atoms with Gasteiger partial charge in [0, 0.05) is 51.1 Å². The number of amidine groups is 1. The molecule has 0 aromatic carbocycles. The molecule has 3 aliphatic rings. The molecular weight excluding hydrogens is 392 g/mol. The van der Waals surface area contributed by atoms with E-state index in [0.717, 1.165) is 55.7 Å². The topological polar surface area (TPSA) is 57.6 Å². The molecule has 0 spiro atoms. The highest BCUT2D eigenvalue weighted by molar-refractivity contribution is 5.93. The lowest BCUT2D eigenvalue weighted by atomic mass is 9.81. The number of likely N-dealkylation sites (tertiary alicyclic amines) is 1. The van der Waals surface area contributed by atoms with Crippen LogP contribution in [-0.4, -0.2) is 79.6 Å². The van der Waals surface area contributed by atoms with E-state index in [0.29, 0.717) is 6.61 Å². The number of dihydropyridines is 1. The largest absolute Gasteiger partial charge is 0.501 e. The zero-order valence-corrected chi connectivity index (χ0v) is 19.7. The van der Waals surface area contributed by atoms with Crippen LogP contribution in [0.3, 0.4) is 0 Å². The first-order chi connectivity index (χ1) is 14.8. The smallest absolute Gasteiger partial charge is 0.325 e. The number of carbonyl (C=O) groups excluding carboxylic acids is 1. The van der Waals surface area contributed by atoms with Gasteiger partial charge in [0.1, 0.15) is 24.0 Å². The molecule has 170 valence electrons. The maximum absolute atomic E-state index is 13.4. The Labute approximate surface area is 186 Å². The van der Waals surface area contributed by atoms with Gasteiger partial charge >= 0.3 is 6.03 Å². The molecule has 7 nitrogen and oxygen atoms in total. The van der Waals surface area contributed by atoms with Crippen LogP contribution in [0.25, 0.3) is 0 Å². The number of allylic oxidation sites excluding steroid dienone is 4. The molecular formula is C24H36N4O3. The van der Waals surface area contributed by atoms with Crippen molar-refractivity contribution in [3.8, 4) is 0 Å². The van der Waals surface area contributed by atoms with Crippen LogP contribution in [-0.2, 0) is 9.47 Å². The molecule has 2 amide bonds. The number of hydrogen-bond acceptors (Lipinski definition) is 5. The zero-order valence-electron chi connectivity index (χ0n) is 19.7. The van der Waals surface area contributed by atoms with Crippen molar-refractivity contribution in [3.05, 3.63) is 47.6 Å². The molecule has 0 aromatic heterocycles. The van der Waals surface area contributed by atoms with Gasteiger partial charge in [-0.1, -0.05) is 19.1 Å². The third kappa shape index (κ3) is 4.97. The minimum absolute atomic E-state index is 0.0172. The van der Waals surface area contributed by atoms with E-state index >= 15 is 0 Å². The molecule has 0 radical (unpaired) electrons. The molecule has 1 fully saturated rings.